The quantitative estimate of drug-likeness (QED) is 0.863. The lowest BCUT2D eigenvalue weighted by Crippen LogP contribution is -2.32. The van der Waals surface area contributed by atoms with Crippen LogP contribution in [0.5, 0.6) is 0 Å². The highest BCUT2D eigenvalue weighted by atomic mass is 32.2. The first-order valence-corrected chi connectivity index (χ1v) is 9.32. The van der Waals surface area contributed by atoms with E-state index >= 15 is 0 Å². The number of aromatic nitrogens is 2. The Hall–Kier alpha value is -0.770. The largest absolute Gasteiger partial charge is 0.381 e. The van der Waals surface area contributed by atoms with Crippen LogP contribution in [0.25, 0.3) is 4.96 Å². The van der Waals surface area contributed by atoms with E-state index in [0.29, 0.717) is 11.5 Å². The molecule has 0 aromatic carbocycles. The summed E-state index contributed by atoms with van der Waals surface area (Å²) in [4.78, 5) is 4.64. The summed E-state index contributed by atoms with van der Waals surface area (Å²) in [6.07, 6.45) is 5.77. The maximum Gasteiger partial charge on any atom is 0.260 e. The number of nitrogens with zero attached hydrogens (tertiary/aromatic N) is 2. The zero-order valence-corrected chi connectivity index (χ0v) is 12.7. The minimum absolute atomic E-state index is 0.0423. The van der Waals surface area contributed by atoms with Crippen LogP contribution in [0, 0.1) is 0 Å². The highest BCUT2D eigenvalue weighted by Gasteiger charge is 2.43. The standard InChI is InChI=1S/C10H14N4O2S3/c1-17-10(2-3-10)6-12-19(15,16)8-7(11)13-9-14(8)4-5-18-9/h4-5,12H,2-3,6,11H2,1H3. The molecule has 2 aromatic rings. The van der Waals surface area contributed by atoms with Gasteiger partial charge in [0, 0.05) is 22.9 Å². The molecule has 104 valence electrons. The van der Waals surface area contributed by atoms with Crippen LogP contribution in [0.4, 0.5) is 5.82 Å². The molecule has 9 heteroatoms. The number of thioether (sulfide) groups is 1. The number of thiazole rings is 1. The zero-order chi connectivity index (χ0) is 13.7. The van der Waals surface area contributed by atoms with Crippen LogP contribution in [0.15, 0.2) is 16.6 Å². The molecule has 2 heterocycles. The third-order valence-corrected chi connectivity index (χ3v) is 6.94. The van der Waals surface area contributed by atoms with Crippen molar-refractivity contribution in [1.29, 1.82) is 0 Å². The van der Waals surface area contributed by atoms with E-state index in [4.69, 9.17) is 5.73 Å². The maximum absolute atomic E-state index is 12.4. The summed E-state index contributed by atoms with van der Waals surface area (Å²) in [7, 11) is -3.63. The molecule has 0 bridgehead atoms. The fourth-order valence-electron chi connectivity index (χ4n) is 1.94. The minimum atomic E-state index is -3.63. The smallest absolute Gasteiger partial charge is 0.260 e. The molecule has 19 heavy (non-hydrogen) atoms. The van der Waals surface area contributed by atoms with Gasteiger partial charge in [-0.1, -0.05) is 0 Å². The Morgan fingerprint density at radius 3 is 3.00 bits per heavy atom. The van der Waals surface area contributed by atoms with Crippen molar-refractivity contribution in [2.45, 2.75) is 22.6 Å². The molecule has 1 saturated carbocycles. The molecule has 6 nitrogen and oxygen atoms in total. The van der Waals surface area contributed by atoms with E-state index in [2.05, 4.69) is 9.71 Å². The lowest BCUT2D eigenvalue weighted by atomic mass is 10.4. The molecule has 3 rings (SSSR count). The average Bonchev–Trinajstić information content (AvgIpc) is 2.90. The van der Waals surface area contributed by atoms with Gasteiger partial charge in [0.05, 0.1) is 0 Å². The second-order valence-corrected chi connectivity index (χ2v) is 8.40. The molecule has 0 spiro atoms. The zero-order valence-electron chi connectivity index (χ0n) is 10.3. The van der Waals surface area contributed by atoms with E-state index in [9.17, 15) is 8.42 Å². The first-order valence-electron chi connectivity index (χ1n) is 5.73. The summed E-state index contributed by atoms with van der Waals surface area (Å²) < 4.78 is 29.0. The Balaban J connectivity index is 1.91. The Morgan fingerprint density at radius 2 is 2.37 bits per heavy atom. The van der Waals surface area contributed by atoms with Gasteiger partial charge in [-0.3, -0.25) is 4.40 Å². The molecule has 2 aromatic heterocycles. The lowest BCUT2D eigenvalue weighted by Gasteiger charge is -2.13. The number of anilines is 1. The number of nitrogens with two attached hydrogens (primary N) is 1. The van der Waals surface area contributed by atoms with Crippen LogP contribution in [0.2, 0.25) is 0 Å². The van der Waals surface area contributed by atoms with Crippen LogP contribution >= 0.6 is 23.1 Å². The fourth-order valence-corrected chi connectivity index (χ4v) is 4.86. The number of nitrogen functional groups attached to an aromatic ring is 1. The van der Waals surface area contributed by atoms with Crippen LogP contribution in [-0.2, 0) is 10.0 Å². The molecule has 0 amide bonds. The summed E-state index contributed by atoms with van der Waals surface area (Å²) in [6, 6.07) is 0. The second-order valence-electron chi connectivity index (χ2n) is 4.57. The van der Waals surface area contributed by atoms with Gasteiger partial charge in [0.2, 0.25) is 0 Å². The molecule has 0 atom stereocenters. The maximum atomic E-state index is 12.4. The highest BCUT2D eigenvalue weighted by molar-refractivity contribution is 8.00. The van der Waals surface area contributed by atoms with E-state index < -0.39 is 10.0 Å². The first-order chi connectivity index (χ1) is 8.97. The molecule has 1 aliphatic carbocycles. The van der Waals surface area contributed by atoms with Crippen LogP contribution in [-0.4, -0.2) is 35.4 Å². The van der Waals surface area contributed by atoms with E-state index in [1.165, 1.54) is 15.7 Å². The number of hydrogen-bond acceptors (Lipinski definition) is 6. The molecular weight excluding hydrogens is 304 g/mol. The summed E-state index contributed by atoms with van der Waals surface area (Å²) in [6.45, 7) is 0.438. The van der Waals surface area contributed by atoms with Gasteiger partial charge in [-0.25, -0.2) is 18.1 Å². The van der Waals surface area contributed by atoms with E-state index in [1.54, 1.807) is 23.3 Å². The highest BCUT2D eigenvalue weighted by Crippen LogP contribution is 2.46. The van der Waals surface area contributed by atoms with Crippen molar-refractivity contribution in [3.63, 3.8) is 0 Å². The van der Waals surface area contributed by atoms with Crippen molar-refractivity contribution in [3.8, 4) is 0 Å². The summed E-state index contributed by atoms with van der Waals surface area (Å²) >= 11 is 3.06. The van der Waals surface area contributed by atoms with E-state index in [1.807, 2.05) is 6.26 Å². The van der Waals surface area contributed by atoms with Gasteiger partial charge in [-0.05, 0) is 19.1 Å². The predicted octanol–water partition coefficient (Wildman–Crippen LogP) is 1.15. The Kier molecular flexibility index (Phi) is 3.04. The lowest BCUT2D eigenvalue weighted by molar-refractivity contribution is 0.575. The molecule has 0 saturated heterocycles. The number of imidazole rings is 1. The third-order valence-electron chi connectivity index (χ3n) is 3.32. The van der Waals surface area contributed by atoms with Gasteiger partial charge in [-0.15, -0.1) is 11.3 Å². The van der Waals surface area contributed by atoms with Gasteiger partial charge < -0.3 is 5.73 Å². The Morgan fingerprint density at radius 1 is 1.63 bits per heavy atom. The van der Waals surface area contributed by atoms with Crippen molar-refractivity contribution in [1.82, 2.24) is 14.1 Å². The number of nitrogens with one attached hydrogen (secondary N) is 1. The van der Waals surface area contributed by atoms with Crippen LogP contribution < -0.4 is 10.5 Å². The van der Waals surface area contributed by atoms with Crippen molar-refractivity contribution in [2.24, 2.45) is 0 Å². The van der Waals surface area contributed by atoms with Crippen molar-refractivity contribution >= 4 is 43.9 Å². The predicted molar refractivity (Wildman–Crippen MR) is 78.1 cm³/mol. The Bertz CT molecular complexity index is 714. The molecule has 1 fully saturated rings. The van der Waals surface area contributed by atoms with E-state index in [-0.39, 0.29) is 15.6 Å². The number of hydrogen-bond donors (Lipinski definition) is 2. The number of rotatable bonds is 5. The van der Waals surface area contributed by atoms with Gasteiger partial charge >= 0.3 is 0 Å². The third kappa shape index (κ3) is 2.24. The van der Waals surface area contributed by atoms with E-state index in [0.717, 1.165) is 12.8 Å². The number of sulfonamides is 1. The van der Waals surface area contributed by atoms with Crippen LogP contribution in [0.3, 0.4) is 0 Å². The SMILES string of the molecule is CSC1(CNS(=O)(=O)c2c(N)nc3sccn23)CC1. The average molecular weight is 318 g/mol. The van der Waals surface area contributed by atoms with Crippen molar-refractivity contribution in [3.05, 3.63) is 11.6 Å². The molecule has 0 aliphatic heterocycles. The minimum Gasteiger partial charge on any atom is -0.381 e. The van der Waals surface area contributed by atoms with Crippen molar-refractivity contribution < 1.29 is 8.42 Å². The number of fused-ring (bicyclic) bond motifs is 1. The molecule has 0 unspecified atom stereocenters. The normalized spacial score (nSPS) is 17.9. The molecule has 0 radical (unpaired) electrons. The Labute approximate surface area is 119 Å². The first kappa shape index (κ1) is 13.2. The van der Waals surface area contributed by atoms with Gasteiger partial charge in [0.25, 0.3) is 10.0 Å². The van der Waals surface area contributed by atoms with Crippen molar-refractivity contribution in [2.75, 3.05) is 18.5 Å². The topological polar surface area (TPSA) is 89.5 Å². The molecule has 1 aliphatic rings. The monoisotopic (exact) mass is 318 g/mol. The summed E-state index contributed by atoms with van der Waals surface area (Å²) in [5, 5.41) is 1.83. The molecular formula is C10H14N4O2S3. The second kappa shape index (κ2) is 4.37. The molecule has 3 N–H and O–H groups in total. The summed E-state index contributed by atoms with van der Waals surface area (Å²) in [5.41, 5.74) is 5.72. The van der Waals surface area contributed by atoms with Gasteiger partial charge in [-0.2, -0.15) is 11.8 Å². The van der Waals surface area contributed by atoms with Gasteiger partial charge in [0.15, 0.2) is 15.8 Å². The van der Waals surface area contributed by atoms with Crippen LogP contribution in [0.1, 0.15) is 12.8 Å². The summed E-state index contributed by atoms with van der Waals surface area (Å²) in [5.74, 6) is 0.0494. The fraction of sp³-hybridized carbons (Fsp3) is 0.500. The van der Waals surface area contributed by atoms with Gasteiger partial charge in [0.1, 0.15) is 0 Å².